The molecule has 0 unspecified atom stereocenters. The molecule has 1 saturated carbocycles. The third-order valence-corrected chi connectivity index (χ3v) is 6.09. The monoisotopic (exact) mass is 446 g/mol. The van der Waals surface area contributed by atoms with E-state index in [1.807, 2.05) is 43.3 Å². The number of hydrogen-bond acceptors (Lipinski definition) is 2. The molecule has 6 heteroatoms. The van der Waals surface area contributed by atoms with Crippen molar-refractivity contribution < 1.29 is 9.59 Å². The van der Waals surface area contributed by atoms with Crippen LogP contribution in [0.4, 0.5) is 0 Å². The molecule has 0 bridgehead atoms. The summed E-state index contributed by atoms with van der Waals surface area (Å²) >= 11 is 12.0. The standard InChI is InChI=1S/C24H28Cl2N2O2/c1-17-7-11-19(12-8-17)23(24(30)27-21-5-3-2-4-6-21)28(22(29)15-25)16-18-9-13-20(26)14-10-18/h7-14,21,23H,2-6,15-16H2,1H3,(H,27,30)/t23-/m1/s1. The molecule has 0 heterocycles. The quantitative estimate of drug-likeness (QED) is 0.578. The highest BCUT2D eigenvalue weighted by Gasteiger charge is 2.32. The van der Waals surface area contributed by atoms with Crippen LogP contribution < -0.4 is 5.32 Å². The van der Waals surface area contributed by atoms with E-state index in [0.29, 0.717) is 5.02 Å². The average molecular weight is 447 g/mol. The molecule has 30 heavy (non-hydrogen) atoms. The van der Waals surface area contributed by atoms with Crippen LogP contribution >= 0.6 is 23.2 Å². The van der Waals surface area contributed by atoms with Crippen molar-refractivity contribution in [2.45, 2.75) is 57.7 Å². The van der Waals surface area contributed by atoms with Crippen molar-refractivity contribution in [2.75, 3.05) is 5.88 Å². The zero-order valence-electron chi connectivity index (χ0n) is 17.2. The zero-order chi connectivity index (χ0) is 21.5. The first-order valence-corrected chi connectivity index (χ1v) is 11.4. The Morgan fingerprint density at radius 3 is 2.27 bits per heavy atom. The van der Waals surface area contributed by atoms with Gasteiger partial charge in [-0.3, -0.25) is 9.59 Å². The third-order valence-electron chi connectivity index (χ3n) is 5.61. The number of rotatable bonds is 7. The third kappa shape index (κ3) is 5.99. The largest absolute Gasteiger partial charge is 0.351 e. The van der Waals surface area contributed by atoms with E-state index in [2.05, 4.69) is 5.32 Å². The SMILES string of the molecule is Cc1ccc([C@H](C(=O)NC2CCCCC2)N(Cc2ccc(Cl)cc2)C(=O)CCl)cc1. The maximum atomic E-state index is 13.4. The fourth-order valence-corrected chi connectivity index (χ4v) is 4.21. The minimum atomic E-state index is -0.741. The van der Waals surface area contributed by atoms with Gasteiger partial charge in [0.2, 0.25) is 11.8 Å². The molecule has 3 rings (SSSR count). The molecule has 160 valence electrons. The number of amides is 2. The van der Waals surface area contributed by atoms with E-state index in [4.69, 9.17) is 23.2 Å². The molecule has 1 aliphatic rings. The first-order chi connectivity index (χ1) is 14.5. The zero-order valence-corrected chi connectivity index (χ0v) is 18.8. The van der Waals surface area contributed by atoms with E-state index in [-0.39, 0.29) is 30.3 Å². The summed E-state index contributed by atoms with van der Waals surface area (Å²) in [4.78, 5) is 27.9. The van der Waals surface area contributed by atoms with E-state index in [9.17, 15) is 9.59 Å². The lowest BCUT2D eigenvalue weighted by atomic mass is 9.94. The van der Waals surface area contributed by atoms with Crippen LogP contribution in [-0.2, 0) is 16.1 Å². The van der Waals surface area contributed by atoms with Gasteiger partial charge in [-0.15, -0.1) is 11.6 Å². The van der Waals surface area contributed by atoms with E-state index < -0.39 is 6.04 Å². The lowest BCUT2D eigenvalue weighted by molar-refractivity contribution is -0.140. The second-order valence-corrected chi connectivity index (χ2v) is 8.64. The Bertz CT molecular complexity index is 847. The van der Waals surface area contributed by atoms with Crippen molar-refractivity contribution in [3.8, 4) is 0 Å². The Balaban J connectivity index is 1.92. The van der Waals surface area contributed by atoms with E-state index in [1.54, 1.807) is 17.0 Å². The minimum Gasteiger partial charge on any atom is -0.351 e. The molecule has 1 fully saturated rings. The summed E-state index contributed by atoms with van der Waals surface area (Å²) < 4.78 is 0. The Morgan fingerprint density at radius 2 is 1.67 bits per heavy atom. The van der Waals surface area contributed by atoms with Gasteiger partial charge in [0.25, 0.3) is 0 Å². The van der Waals surface area contributed by atoms with Crippen LogP contribution in [0.2, 0.25) is 5.02 Å². The fourth-order valence-electron chi connectivity index (χ4n) is 3.94. The van der Waals surface area contributed by atoms with Crippen LogP contribution in [0.25, 0.3) is 0 Å². The molecule has 0 aliphatic heterocycles. The van der Waals surface area contributed by atoms with Crippen LogP contribution in [0.1, 0.15) is 54.8 Å². The number of halogens is 2. The van der Waals surface area contributed by atoms with Gasteiger partial charge in [-0.05, 0) is 43.0 Å². The Labute approximate surface area is 188 Å². The van der Waals surface area contributed by atoms with Gasteiger partial charge in [0, 0.05) is 17.6 Å². The Hall–Kier alpha value is -2.04. The summed E-state index contributed by atoms with van der Waals surface area (Å²) in [5.74, 6) is -0.624. The summed E-state index contributed by atoms with van der Waals surface area (Å²) in [6, 6.07) is 14.4. The second-order valence-electron chi connectivity index (χ2n) is 7.94. The fraction of sp³-hybridized carbons (Fsp3) is 0.417. The highest BCUT2D eigenvalue weighted by atomic mass is 35.5. The number of carbonyl (C=O) groups is 2. The summed E-state index contributed by atoms with van der Waals surface area (Å²) in [6.07, 6.45) is 5.41. The molecule has 1 atom stereocenters. The summed E-state index contributed by atoms with van der Waals surface area (Å²) in [5.41, 5.74) is 2.76. The number of carbonyl (C=O) groups excluding carboxylic acids is 2. The van der Waals surface area contributed by atoms with Crippen LogP contribution in [0.15, 0.2) is 48.5 Å². The van der Waals surface area contributed by atoms with Gasteiger partial charge in [-0.1, -0.05) is 72.8 Å². The molecule has 0 radical (unpaired) electrons. The summed E-state index contributed by atoms with van der Waals surface area (Å²) in [5, 5.41) is 3.81. The van der Waals surface area contributed by atoms with Gasteiger partial charge < -0.3 is 10.2 Å². The number of nitrogens with zero attached hydrogens (tertiary/aromatic N) is 1. The molecule has 1 N–H and O–H groups in total. The first kappa shape index (κ1) is 22.6. The first-order valence-electron chi connectivity index (χ1n) is 10.4. The van der Waals surface area contributed by atoms with Gasteiger partial charge in [0.1, 0.15) is 11.9 Å². The Kier molecular flexibility index (Phi) is 8.17. The Morgan fingerprint density at radius 1 is 1.03 bits per heavy atom. The van der Waals surface area contributed by atoms with Gasteiger partial charge in [-0.25, -0.2) is 0 Å². The molecular formula is C24H28Cl2N2O2. The average Bonchev–Trinajstić information content (AvgIpc) is 2.76. The minimum absolute atomic E-state index is 0.154. The van der Waals surface area contributed by atoms with E-state index in [0.717, 1.165) is 42.4 Å². The lowest BCUT2D eigenvalue weighted by Gasteiger charge is -2.33. The smallest absolute Gasteiger partial charge is 0.247 e. The predicted octanol–water partition coefficient (Wildman–Crippen LogP) is 5.41. The molecule has 2 aromatic rings. The molecule has 2 aromatic carbocycles. The molecule has 0 saturated heterocycles. The van der Waals surface area contributed by atoms with Crippen molar-refractivity contribution in [2.24, 2.45) is 0 Å². The normalized spacial score (nSPS) is 15.4. The second kappa shape index (κ2) is 10.8. The lowest BCUT2D eigenvalue weighted by Crippen LogP contribution is -2.47. The molecule has 0 aromatic heterocycles. The van der Waals surface area contributed by atoms with Crippen LogP contribution in [-0.4, -0.2) is 28.6 Å². The molecule has 1 aliphatic carbocycles. The van der Waals surface area contributed by atoms with Crippen LogP contribution in [0.5, 0.6) is 0 Å². The van der Waals surface area contributed by atoms with Gasteiger partial charge >= 0.3 is 0 Å². The van der Waals surface area contributed by atoms with Gasteiger partial charge in [0.05, 0.1) is 0 Å². The number of nitrogens with one attached hydrogen (secondary N) is 1. The molecule has 4 nitrogen and oxygen atoms in total. The van der Waals surface area contributed by atoms with Crippen molar-refractivity contribution in [1.82, 2.24) is 10.2 Å². The maximum Gasteiger partial charge on any atom is 0.247 e. The maximum absolute atomic E-state index is 13.4. The van der Waals surface area contributed by atoms with Crippen molar-refractivity contribution in [1.29, 1.82) is 0 Å². The van der Waals surface area contributed by atoms with Crippen molar-refractivity contribution in [3.05, 3.63) is 70.2 Å². The van der Waals surface area contributed by atoms with Gasteiger partial charge in [-0.2, -0.15) is 0 Å². The van der Waals surface area contributed by atoms with E-state index >= 15 is 0 Å². The van der Waals surface area contributed by atoms with Gasteiger partial charge in [0.15, 0.2) is 0 Å². The van der Waals surface area contributed by atoms with Crippen LogP contribution in [0.3, 0.4) is 0 Å². The highest BCUT2D eigenvalue weighted by Crippen LogP contribution is 2.27. The summed E-state index contributed by atoms with van der Waals surface area (Å²) in [7, 11) is 0. The highest BCUT2D eigenvalue weighted by molar-refractivity contribution is 6.30. The molecule has 0 spiro atoms. The van der Waals surface area contributed by atoms with Crippen molar-refractivity contribution in [3.63, 3.8) is 0 Å². The van der Waals surface area contributed by atoms with E-state index in [1.165, 1.54) is 6.42 Å². The summed E-state index contributed by atoms with van der Waals surface area (Å²) in [6.45, 7) is 2.27. The molecular weight excluding hydrogens is 419 g/mol. The predicted molar refractivity (Wildman–Crippen MR) is 122 cm³/mol. The number of benzene rings is 2. The van der Waals surface area contributed by atoms with Crippen molar-refractivity contribution >= 4 is 35.0 Å². The number of hydrogen-bond donors (Lipinski definition) is 1. The molecule has 2 amide bonds. The number of alkyl halides is 1. The number of aryl methyl sites for hydroxylation is 1. The van der Waals surface area contributed by atoms with Crippen LogP contribution in [0, 0.1) is 6.92 Å². The topological polar surface area (TPSA) is 49.4 Å².